The van der Waals surface area contributed by atoms with Gasteiger partial charge in [0.15, 0.2) is 17.9 Å². The SMILES string of the molecule is CN(C)CC1OC2OC(C)(C)OC2C2OC(C)(C)OC12. The molecule has 0 aromatic heterocycles. The molecule has 3 aliphatic rings. The fraction of sp³-hybridized carbons (Fsp3) is 1.00. The van der Waals surface area contributed by atoms with E-state index in [0.29, 0.717) is 0 Å². The van der Waals surface area contributed by atoms with Crippen LogP contribution in [0.15, 0.2) is 0 Å². The molecule has 5 atom stereocenters. The molecular formula is C14H25NO5. The molecule has 0 radical (unpaired) electrons. The van der Waals surface area contributed by atoms with E-state index in [4.69, 9.17) is 23.7 Å². The summed E-state index contributed by atoms with van der Waals surface area (Å²) in [7, 11) is 4.03. The predicted molar refractivity (Wildman–Crippen MR) is 71.1 cm³/mol. The molecule has 6 nitrogen and oxygen atoms in total. The Kier molecular flexibility index (Phi) is 3.40. The highest BCUT2D eigenvalue weighted by atomic mass is 16.9. The molecule has 3 rings (SSSR count). The number of likely N-dealkylation sites (N-methyl/N-ethyl adjacent to an activating group) is 1. The Labute approximate surface area is 120 Å². The molecule has 0 spiro atoms. The fourth-order valence-corrected chi connectivity index (χ4v) is 3.20. The minimum Gasteiger partial charge on any atom is -0.342 e. The number of ether oxygens (including phenoxy) is 5. The van der Waals surface area contributed by atoms with E-state index in [1.165, 1.54) is 0 Å². The van der Waals surface area contributed by atoms with Gasteiger partial charge in [-0.15, -0.1) is 0 Å². The molecule has 0 N–H and O–H groups in total. The monoisotopic (exact) mass is 287 g/mol. The van der Waals surface area contributed by atoms with Gasteiger partial charge in [-0.3, -0.25) is 0 Å². The summed E-state index contributed by atoms with van der Waals surface area (Å²) in [6, 6.07) is 0. The molecule has 0 bridgehead atoms. The topological polar surface area (TPSA) is 49.4 Å². The standard InChI is InChI=1S/C14H25NO5/c1-13(2)17-9-8(7-15(5)6)16-12-11(10(9)18-13)19-14(3,4)20-12/h8-12H,7H2,1-6H3. The van der Waals surface area contributed by atoms with Gasteiger partial charge in [0.2, 0.25) is 0 Å². The van der Waals surface area contributed by atoms with Crippen molar-refractivity contribution in [2.75, 3.05) is 20.6 Å². The zero-order chi connectivity index (χ0) is 14.7. The minimum atomic E-state index is -0.650. The maximum absolute atomic E-state index is 6.07. The smallest absolute Gasteiger partial charge is 0.190 e. The molecule has 5 unspecified atom stereocenters. The molecule has 0 aromatic rings. The molecule has 3 fully saturated rings. The van der Waals surface area contributed by atoms with Crippen molar-refractivity contribution >= 4 is 0 Å². The van der Waals surface area contributed by atoms with Crippen LogP contribution in [0.25, 0.3) is 0 Å². The third kappa shape index (κ3) is 2.61. The van der Waals surface area contributed by atoms with E-state index in [9.17, 15) is 0 Å². The van der Waals surface area contributed by atoms with Gasteiger partial charge in [-0.1, -0.05) is 0 Å². The van der Waals surface area contributed by atoms with Crippen molar-refractivity contribution in [2.24, 2.45) is 0 Å². The summed E-state index contributed by atoms with van der Waals surface area (Å²) < 4.78 is 29.9. The van der Waals surface area contributed by atoms with Crippen LogP contribution in [0.3, 0.4) is 0 Å². The van der Waals surface area contributed by atoms with Crippen molar-refractivity contribution in [1.29, 1.82) is 0 Å². The first kappa shape index (κ1) is 14.7. The van der Waals surface area contributed by atoms with Crippen molar-refractivity contribution < 1.29 is 23.7 Å². The van der Waals surface area contributed by atoms with E-state index in [1.54, 1.807) is 0 Å². The normalized spacial score (nSPS) is 45.5. The maximum atomic E-state index is 6.07. The van der Waals surface area contributed by atoms with Crippen molar-refractivity contribution in [3.63, 3.8) is 0 Å². The lowest BCUT2D eigenvalue weighted by atomic mass is 9.99. The summed E-state index contributed by atoms with van der Waals surface area (Å²) in [6.45, 7) is 8.40. The highest BCUT2D eigenvalue weighted by Crippen LogP contribution is 2.44. The molecule has 0 amide bonds. The van der Waals surface area contributed by atoms with E-state index in [0.717, 1.165) is 6.54 Å². The second kappa shape index (κ2) is 4.63. The van der Waals surface area contributed by atoms with Gasteiger partial charge in [-0.25, -0.2) is 0 Å². The summed E-state index contributed by atoms with van der Waals surface area (Å²) in [5, 5.41) is 0. The van der Waals surface area contributed by atoms with Crippen LogP contribution in [0.5, 0.6) is 0 Å². The molecule has 6 heteroatoms. The quantitative estimate of drug-likeness (QED) is 0.753. The predicted octanol–water partition coefficient (Wildman–Crippen LogP) is 0.944. The molecule has 0 aromatic carbocycles. The van der Waals surface area contributed by atoms with Gasteiger partial charge in [0.1, 0.15) is 24.4 Å². The van der Waals surface area contributed by atoms with Crippen LogP contribution < -0.4 is 0 Å². The van der Waals surface area contributed by atoms with Crippen LogP contribution in [0.4, 0.5) is 0 Å². The Bertz CT molecular complexity index is 384. The lowest BCUT2D eigenvalue weighted by Gasteiger charge is -2.38. The largest absolute Gasteiger partial charge is 0.342 e. The van der Waals surface area contributed by atoms with Gasteiger partial charge in [0.05, 0.1) is 0 Å². The molecule has 20 heavy (non-hydrogen) atoms. The average molecular weight is 287 g/mol. The summed E-state index contributed by atoms with van der Waals surface area (Å²) in [6.07, 6.45) is -1.01. The summed E-state index contributed by atoms with van der Waals surface area (Å²) in [5.74, 6) is -1.27. The Morgan fingerprint density at radius 1 is 0.800 bits per heavy atom. The fourth-order valence-electron chi connectivity index (χ4n) is 3.20. The second-order valence-corrected chi connectivity index (χ2v) is 6.97. The highest BCUT2D eigenvalue weighted by molar-refractivity contribution is 5.00. The Balaban J connectivity index is 1.84. The van der Waals surface area contributed by atoms with E-state index in [-0.39, 0.29) is 24.4 Å². The number of hydrogen-bond acceptors (Lipinski definition) is 6. The van der Waals surface area contributed by atoms with Crippen LogP contribution >= 0.6 is 0 Å². The van der Waals surface area contributed by atoms with E-state index in [1.807, 2.05) is 41.8 Å². The lowest BCUT2D eigenvalue weighted by Crippen LogP contribution is -2.57. The number of hydrogen-bond donors (Lipinski definition) is 0. The van der Waals surface area contributed by atoms with Crippen molar-refractivity contribution in [3.05, 3.63) is 0 Å². The Hall–Kier alpha value is -0.240. The van der Waals surface area contributed by atoms with Gasteiger partial charge >= 0.3 is 0 Å². The zero-order valence-electron chi connectivity index (χ0n) is 13.1. The van der Waals surface area contributed by atoms with Gasteiger partial charge < -0.3 is 28.6 Å². The third-order valence-electron chi connectivity index (χ3n) is 3.80. The van der Waals surface area contributed by atoms with Crippen LogP contribution in [0.1, 0.15) is 27.7 Å². The lowest BCUT2D eigenvalue weighted by molar-refractivity contribution is -0.235. The molecule has 3 saturated heterocycles. The summed E-state index contributed by atoms with van der Waals surface area (Å²) in [5.41, 5.74) is 0. The number of rotatable bonds is 2. The number of fused-ring (bicyclic) bond motifs is 3. The average Bonchev–Trinajstić information content (AvgIpc) is 2.73. The molecule has 3 heterocycles. The van der Waals surface area contributed by atoms with Gasteiger partial charge in [-0.2, -0.15) is 0 Å². The van der Waals surface area contributed by atoms with Crippen LogP contribution in [-0.4, -0.2) is 67.8 Å². The van der Waals surface area contributed by atoms with Crippen molar-refractivity contribution in [1.82, 2.24) is 4.90 Å². The van der Waals surface area contributed by atoms with E-state index in [2.05, 4.69) is 4.90 Å². The van der Waals surface area contributed by atoms with Gasteiger partial charge in [-0.05, 0) is 41.8 Å². The van der Waals surface area contributed by atoms with E-state index >= 15 is 0 Å². The summed E-state index contributed by atoms with van der Waals surface area (Å²) >= 11 is 0. The Morgan fingerprint density at radius 3 is 2.00 bits per heavy atom. The maximum Gasteiger partial charge on any atom is 0.190 e. The van der Waals surface area contributed by atoms with Crippen molar-refractivity contribution in [3.8, 4) is 0 Å². The second-order valence-electron chi connectivity index (χ2n) is 6.97. The van der Waals surface area contributed by atoms with Crippen LogP contribution in [-0.2, 0) is 23.7 Å². The highest BCUT2D eigenvalue weighted by Gasteiger charge is 2.60. The number of nitrogens with zero attached hydrogens (tertiary/aromatic N) is 1. The first-order chi connectivity index (χ1) is 9.17. The van der Waals surface area contributed by atoms with Crippen LogP contribution in [0, 0.1) is 0 Å². The van der Waals surface area contributed by atoms with Gasteiger partial charge in [0.25, 0.3) is 0 Å². The zero-order valence-corrected chi connectivity index (χ0v) is 13.1. The third-order valence-corrected chi connectivity index (χ3v) is 3.80. The minimum absolute atomic E-state index is 0.0875. The van der Waals surface area contributed by atoms with Crippen molar-refractivity contribution in [2.45, 2.75) is 70.0 Å². The summed E-state index contributed by atoms with van der Waals surface area (Å²) in [4.78, 5) is 2.08. The first-order valence-electron chi connectivity index (χ1n) is 7.18. The van der Waals surface area contributed by atoms with Gasteiger partial charge in [0, 0.05) is 6.54 Å². The van der Waals surface area contributed by atoms with E-state index < -0.39 is 17.9 Å². The Morgan fingerprint density at radius 2 is 1.35 bits per heavy atom. The first-order valence-corrected chi connectivity index (χ1v) is 7.18. The van der Waals surface area contributed by atoms with Crippen LogP contribution in [0.2, 0.25) is 0 Å². The molecule has 3 aliphatic heterocycles. The molecule has 0 saturated carbocycles. The molecular weight excluding hydrogens is 262 g/mol. The molecule has 0 aliphatic carbocycles. The molecule has 116 valence electrons.